The molecule has 5 heteroatoms. The van der Waals surface area contributed by atoms with E-state index < -0.39 is 5.97 Å². The van der Waals surface area contributed by atoms with Crippen molar-refractivity contribution in [2.75, 3.05) is 25.6 Å². The SMILES string of the molecule is COc1ccc(CCN(C)c2ccc(C(=O)O)cn2)cc1. The van der Waals surface area contributed by atoms with Gasteiger partial charge in [-0.3, -0.25) is 0 Å². The van der Waals surface area contributed by atoms with Crippen LogP contribution in [0.1, 0.15) is 15.9 Å². The Kier molecular flexibility index (Phi) is 4.77. The van der Waals surface area contributed by atoms with Crippen LogP contribution in [0.25, 0.3) is 0 Å². The predicted octanol–water partition coefficient (Wildman–Crippen LogP) is 2.47. The van der Waals surface area contributed by atoms with Crippen LogP contribution in [0, 0.1) is 0 Å². The minimum atomic E-state index is -0.963. The van der Waals surface area contributed by atoms with Crippen molar-refractivity contribution in [3.05, 3.63) is 53.7 Å². The third-order valence-corrected chi connectivity index (χ3v) is 3.28. The van der Waals surface area contributed by atoms with Gasteiger partial charge in [-0.15, -0.1) is 0 Å². The second kappa shape index (κ2) is 6.74. The van der Waals surface area contributed by atoms with E-state index in [-0.39, 0.29) is 5.56 Å². The summed E-state index contributed by atoms with van der Waals surface area (Å²) in [5, 5.41) is 8.85. The molecule has 1 aromatic heterocycles. The highest BCUT2D eigenvalue weighted by molar-refractivity contribution is 5.87. The fourth-order valence-corrected chi connectivity index (χ4v) is 1.94. The van der Waals surface area contributed by atoms with Gasteiger partial charge >= 0.3 is 5.97 Å². The number of aromatic carboxylic acids is 1. The molecule has 0 saturated heterocycles. The minimum absolute atomic E-state index is 0.197. The number of rotatable bonds is 6. The maximum Gasteiger partial charge on any atom is 0.337 e. The molecule has 1 heterocycles. The topological polar surface area (TPSA) is 62.7 Å². The summed E-state index contributed by atoms with van der Waals surface area (Å²) < 4.78 is 5.13. The average molecular weight is 286 g/mol. The zero-order valence-corrected chi connectivity index (χ0v) is 12.1. The molecule has 2 aromatic rings. The first-order valence-corrected chi connectivity index (χ1v) is 6.63. The molecule has 0 aliphatic carbocycles. The Morgan fingerprint density at radius 3 is 2.48 bits per heavy atom. The number of methoxy groups -OCH3 is 1. The maximum absolute atomic E-state index is 10.8. The first-order chi connectivity index (χ1) is 10.1. The fraction of sp³-hybridized carbons (Fsp3) is 0.250. The summed E-state index contributed by atoms with van der Waals surface area (Å²) in [7, 11) is 3.58. The van der Waals surface area contributed by atoms with Crippen LogP contribution in [0.15, 0.2) is 42.6 Å². The number of ether oxygens (including phenoxy) is 1. The zero-order chi connectivity index (χ0) is 15.2. The second-order valence-electron chi connectivity index (χ2n) is 4.73. The molecule has 0 aliphatic rings. The molecular weight excluding hydrogens is 268 g/mol. The van der Waals surface area contributed by atoms with Crippen molar-refractivity contribution in [3.8, 4) is 5.75 Å². The van der Waals surface area contributed by atoms with Crippen LogP contribution >= 0.6 is 0 Å². The molecule has 0 fully saturated rings. The van der Waals surface area contributed by atoms with Crippen molar-refractivity contribution in [1.82, 2.24) is 4.98 Å². The average Bonchev–Trinajstić information content (AvgIpc) is 2.53. The Hall–Kier alpha value is -2.56. The van der Waals surface area contributed by atoms with E-state index in [9.17, 15) is 4.79 Å². The summed E-state index contributed by atoms with van der Waals surface area (Å²) in [4.78, 5) is 16.9. The largest absolute Gasteiger partial charge is 0.497 e. The summed E-state index contributed by atoms with van der Waals surface area (Å²) in [6, 6.07) is 11.2. The molecule has 0 radical (unpaired) electrons. The van der Waals surface area contributed by atoms with E-state index in [0.717, 1.165) is 24.5 Å². The number of pyridine rings is 1. The first-order valence-electron chi connectivity index (χ1n) is 6.63. The number of aromatic nitrogens is 1. The van der Waals surface area contributed by atoms with Gasteiger partial charge in [0.2, 0.25) is 0 Å². The summed E-state index contributed by atoms with van der Waals surface area (Å²) >= 11 is 0. The predicted molar refractivity (Wildman–Crippen MR) is 81.2 cm³/mol. The molecule has 0 saturated carbocycles. The second-order valence-corrected chi connectivity index (χ2v) is 4.73. The number of carboxylic acid groups (broad SMARTS) is 1. The lowest BCUT2D eigenvalue weighted by molar-refractivity contribution is 0.0696. The lowest BCUT2D eigenvalue weighted by atomic mass is 10.1. The smallest absolute Gasteiger partial charge is 0.337 e. The van der Waals surface area contributed by atoms with Crippen LogP contribution in [-0.2, 0) is 6.42 Å². The Morgan fingerprint density at radius 1 is 1.24 bits per heavy atom. The van der Waals surface area contributed by atoms with Crippen LogP contribution in [0.4, 0.5) is 5.82 Å². The van der Waals surface area contributed by atoms with Gasteiger partial charge < -0.3 is 14.7 Å². The third-order valence-electron chi connectivity index (χ3n) is 3.28. The molecule has 0 aliphatic heterocycles. The van der Waals surface area contributed by atoms with Crippen molar-refractivity contribution >= 4 is 11.8 Å². The Labute approximate surface area is 123 Å². The number of anilines is 1. The standard InChI is InChI=1S/C16H18N2O3/c1-18(15-8-5-13(11-17-15)16(19)20)10-9-12-3-6-14(21-2)7-4-12/h3-8,11H,9-10H2,1-2H3,(H,19,20). The van der Waals surface area contributed by atoms with Gasteiger partial charge in [-0.1, -0.05) is 12.1 Å². The Bertz CT molecular complexity index is 594. The monoisotopic (exact) mass is 286 g/mol. The van der Waals surface area contributed by atoms with Gasteiger partial charge in [0, 0.05) is 19.8 Å². The van der Waals surface area contributed by atoms with E-state index in [4.69, 9.17) is 9.84 Å². The van der Waals surface area contributed by atoms with E-state index in [1.54, 1.807) is 19.2 Å². The number of hydrogen-bond donors (Lipinski definition) is 1. The number of likely N-dealkylation sites (N-methyl/N-ethyl adjacent to an activating group) is 1. The van der Waals surface area contributed by atoms with E-state index >= 15 is 0 Å². The van der Waals surface area contributed by atoms with E-state index in [1.165, 1.54) is 11.8 Å². The van der Waals surface area contributed by atoms with Gasteiger partial charge in [-0.2, -0.15) is 0 Å². The Morgan fingerprint density at radius 2 is 1.95 bits per heavy atom. The molecule has 0 unspecified atom stereocenters. The molecule has 0 amide bonds. The summed E-state index contributed by atoms with van der Waals surface area (Å²) in [5.74, 6) is 0.640. The quantitative estimate of drug-likeness (QED) is 0.884. The van der Waals surface area contributed by atoms with Gasteiger partial charge in [0.25, 0.3) is 0 Å². The highest BCUT2D eigenvalue weighted by Crippen LogP contribution is 2.14. The molecule has 1 N–H and O–H groups in total. The van der Waals surface area contributed by atoms with E-state index in [0.29, 0.717) is 0 Å². The minimum Gasteiger partial charge on any atom is -0.497 e. The molecule has 0 bridgehead atoms. The zero-order valence-electron chi connectivity index (χ0n) is 12.1. The molecular formula is C16H18N2O3. The Balaban J connectivity index is 1.94. The third kappa shape index (κ3) is 3.95. The van der Waals surface area contributed by atoms with Crippen molar-refractivity contribution in [1.29, 1.82) is 0 Å². The molecule has 0 atom stereocenters. The van der Waals surface area contributed by atoms with Crippen molar-refractivity contribution in [2.45, 2.75) is 6.42 Å². The van der Waals surface area contributed by atoms with Crippen LogP contribution in [0.3, 0.4) is 0 Å². The summed E-state index contributed by atoms with van der Waals surface area (Å²) in [6.45, 7) is 0.797. The molecule has 110 valence electrons. The number of carboxylic acids is 1. The van der Waals surface area contributed by atoms with Crippen LogP contribution in [-0.4, -0.2) is 36.8 Å². The summed E-state index contributed by atoms with van der Waals surface area (Å²) in [6.07, 6.45) is 2.25. The number of nitrogens with zero attached hydrogens (tertiary/aromatic N) is 2. The lowest BCUT2D eigenvalue weighted by Crippen LogP contribution is -2.21. The number of hydrogen-bond acceptors (Lipinski definition) is 4. The van der Waals surface area contributed by atoms with Gasteiger partial charge in [0.05, 0.1) is 12.7 Å². The van der Waals surface area contributed by atoms with E-state index in [2.05, 4.69) is 4.98 Å². The van der Waals surface area contributed by atoms with Gasteiger partial charge in [0.15, 0.2) is 0 Å². The van der Waals surface area contributed by atoms with Crippen molar-refractivity contribution < 1.29 is 14.6 Å². The lowest BCUT2D eigenvalue weighted by Gasteiger charge is -2.18. The van der Waals surface area contributed by atoms with Crippen LogP contribution in [0.2, 0.25) is 0 Å². The van der Waals surface area contributed by atoms with Gasteiger partial charge in [0.1, 0.15) is 11.6 Å². The normalized spacial score (nSPS) is 10.2. The molecule has 5 nitrogen and oxygen atoms in total. The number of carbonyl (C=O) groups is 1. The fourth-order valence-electron chi connectivity index (χ4n) is 1.94. The molecule has 2 rings (SSSR count). The number of benzene rings is 1. The van der Waals surface area contributed by atoms with Gasteiger partial charge in [-0.05, 0) is 36.2 Å². The van der Waals surface area contributed by atoms with Gasteiger partial charge in [-0.25, -0.2) is 9.78 Å². The van der Waals surface area contributed by atoms with Crippen molar-refractivity contribution in [2.24, 2.45) is 0 Å². The van der Waals surface area contributed by atoms with Crippen LogP contribution in [0.5, 0.6) is 5.75 Å². The van der Waals surface area contributed by atoms with E-state index in [1.807, 2.05) is 36.2 Å². The maximum atomic E-state index is 10.8. The first kappa shape index (κ1) is 14.8. The van der Waals surface area contributed by atoms with Crippen molar-refractivity contribution in [3.63, 3.8) is 0 Å². The van der Waals surface area contributed by atoms with Crippen LogP contribution < -0.4 is 9.64 Å². The molecule has 21 heavy (non-hydrogen) atoms. The summed E-state index contributed by atoms with van der Waals surface area (Å²) in [5.41, 5.74) is 1.41. The molecule has 1 aromatic carbocycles. The molecule has 0 spiro atoms. The highest BCUT2D eigenvalue weighted by Gasteiger charge is 2.06. The highest BCUT2D eigenvalue weighted by atomic mass is 16.5.